The lowest BCUT2D eigenvalue weighted by Gasteiger charge is -2.36. The van der Waals surface area contributed by atoms with Crippen molar-refractivity contribution in [3.8, 4) is 11.1 Å². The summed E-state index contributed by atoms with van der Waals surface area (Å²) >= 11 is 0. The van der Waals surface area contributed by atoms with Gasteiger partial charge < -0.3 is 9.32 Å². The first-order valence-electron chi connectivity index (χ1n) is 16.5. The normalized spacial score (nSPS) is 30.0. The number of benzene rings is 3. The smallest absolute Gasteiger partial charge is 0.406 e. The van der Waals surface area contributed by atoms with E-state index in [0.717, 1.165) is 0 Å². The molecule has 4 aromatic rings. The number of hydrogen-bond donors (Lipinski definition) is 1. The zero-order valence-electron chi connectivity index (χ0n) is 30.7. The molecule has 0 amide bonds. The lowest BCUT2D eigenvalue weighted by molar-refractivity contribution is 0.250. The third-order valence-corrected chi connectivity index (χ3v) is 4.11. The van der Waals surface area contributed by atoms with Crippen LogP contribution >= 0.6 is 0 Å². The molecule has 1 aliphatic heterocycles. The summed E-state index contributed by atoms with van der Waals surface area (Å²) in [5.41, 5.74) is -2.19. The van der Waals surface area contributed by atoms with Crippen LogP contribution in [-0.2, 0) is 6.54 Å². The Bertz CT molecular complexity index is 1880. The van der Waals surface area contributed by atoms with Gasteiger partial charge in [0.05, 0.1) is 27.7 Å². The number of piperazine rings is 1. The van der Waals surface area contributed by atoms with Crippen molar-refractivity contribution in [2.45, 2.75) is 6.54 Å². The molecule has 1 N–H and O–H groups in total. The molecular formula is C24H23N3O2. The van der Waals surface area contributed by atoms with Crippen molar-refractivity contribution < 1.29 is 26.3 Å². The summed E-state index contributed by atoms with van der Waals surface area (Å²) in [6.07, 6.45) is 0. The molecule has 0 unspecified atom stereocenters. The zero-order valence-corrected chi connectivity index (χ0v) is 14.7. The van der Waals surface area contributed by atoms with E-state index in [0.29, 0.717) is 0 Å². The maximum absolute atomic E-state index is 12.0. The van der Waals surface area contributed by atoms with E-state index >= 15 is 0 Å². The summed E-state index contributed by atoms with van der Waals surface area (Å²) in [6.45, 7) is -14.7. The SMILES string of the molecule is [2H]c1c([2H])c([2H])c(-c2cccc(CN3C([2H])([2H])C([2H])([2H])N(c4c([2H])c([2H])c([2H])c5[nH]c(=O)oc45)C([2H])([2H])C3([2H])[2H])c2)c([2H])c1[2H]. The highest BCUT2D eigenvalue weighted by Crippen LogP contribution is 2.26. The van der Waals surface area contributed by atoms with Crippen LogP contribution in [0.25, 0.3) is 22.2 Å². The lowest BCUT2D eigenvalue weighted by atomic mass is 10.0. The van der Waals surface area contributed by atoms with Gasteiger partial charge in [0.15, 0.2) is 5.58 Å². The Balaban J connectivity index is 1.67. The fourth-order valence-electron chi connectivity index (χ4n) is 2.82. The monoisotopic (exact) mass is 401 g/mol. The van der Waals surface area contributed by atoms with Crippen molar-refractivity contribution in [1.29, 1.82) is 0 Å². The molecule has 29 heavy (non-hydrogen) atoms. The second kappa shape index (κ2) is 7.60. The molecule has 1 aliphatic rings. The molecule has 1 fully saturated rings. The summed E-state index contributed by atoms with van der Waals surface area (Å²) < 4.78 is 140. The van der Waals surface area contributed by atoms with Gasteiger partial charge in [-0.2, -0.15) is 0 Å². The number of aromatic amines is 1. The van der Waals surface area contributed by atoms with Gasteiger partial charge in [0.2, 0.25) is 0 Å². The summed E-state index contributed by atoms with van der Waals surface area (Å²) in [5.74, 6) is -1.19. The third kappa shape index (κ3) is 3.69. The number of H-pyrrole nitrogens is 1. The molecule has 2 heterocycles. The molecule has 5 heteroatoms. The zero-order chi connectivity index (χ0) is 33.8. The Kier molecular flexibility index (Phi) is 1.97. The number of rotatable bonds is 4. The summed E-state index contributed by atoms with van der Waals surface area (Å²) in [5, 5.41) is 0. The minimum absolute atomic E-state index is 0.0153. The number of nitrogens with zero attached hydrogens (tertiary/aromatic N) is 2. The van der Waals surface area contributed by atoms with Gasteiger partial charge >= 0.3 is 5.76 Å². The minimum atomic E-state index is -3.53. The van der Waals surface area contributed by atoms with Crippen molar-refractivity contribution in [1.82, 2.24) is 9.88 Å². The molecule has 5 rings (SSSR count). The molecule has 0 aliphatic carbocycles. The molecule has 0 atom stereocenters. The van der Waals surface area contributed by atoms with Gasteiger partial charge in [-0.05, 0) is 34.8 Å². The first kappa shape index (κ1) is 7.50. The fourth-order valence-corrected chi connectivity index (χ4v) is 2.82. The molecule has 0 saturated carbocycles. The van der Waals surface area contributed by atoms with Crippen LogP contribution in [0.3, 0.4) is 0 Å². The average Bonchev–Trinajstić information content (AvgIpc) is 3.35. The maximum Gasteiger partial charge on any atom is 0.417 e. The molecule has 1 aromatic heterocycles. The van der Waals surface area contributed by atoms with Crippen molar-refractivity contribution in [3.63, 3.8) is 0 Å². The molecule has 0 radical (unpaired) electrons. The van der Waals surface area contributed by atoms with Crippen molar-refractivity contribution in [2.24, 2.45) is 0 Å². The highest BCUT2D eigenvalue weighted by Gasteiger charge is 2.20. The van der Waals surface area contributed by atoms with Gasteiger partial charge in [-0.3, -0.25) is 9.88 Å². The molecular weight excluding hydrogens is 362 g/mol. The van der Waals surface area contributed by atoms with Crippen LogP contribution in [0.4, 0.5) is 5.69 Å². The first-order valence-corrected chi connectivity index (χ1v) is 8.47. The van der Waals surface area contributed by atoms with Gasteiger partial charge in [0.1, 0.15) is 0 Å². The van der Waals surface area contributed by atoms with Gasteiger partial charge in [-0.1, -0.05) is 54.5 Å². The van der Waals surface area contributed by atoms with Crippen LogP contribution in [0.1, 0.15) is 27.5 Å². The predicted octanol–water partition coefficient (Wildman–Crippen LogP) is 4.11. The fraction of sp³-hybridized carbons (Fsp3) is 0.208. The number of anilines is 1. The van der Waals surface area contributed by atoms with Crippen molar-refractivity contribution in [3.05, 3.63) is 88.7 Å². The van der Waals surface area contributed by atoms with E-state index in [1.165, 1.54) is 24.3 Å². The molecule has 0 spiro atoms. The lowest BCUT2D eigenvalue weighted by Crippen LogP contribution is -2.46. The highest BCUT2D eigenvalue weighted by molar-refractivity contribution is 5.86. The van der Waals surface area contributed by atoms with Gasteiger partial charge in [-0.15, -0.1) is 0 Å². The number of aromatic nitrogens is 1. The largest absolute Gasteiger partial charge is 0.417 e. The predicted molar refractivity (Wildman–Crippen MR) is 116 cm³/mol. The topological polar surface area (TPSA) is 52.5 Å². The number of fused-ring (bicyclic) bond motifs is 1. The van der Waals surface area contributed by atoms with Crippen LogP contribution in [0, 0.1) is 0 Å². The Hall–Kier alpha value is -3.31. The third-order valence-electron chi connectivity index (χ3n) is 4.11. The summed E-state index contributed by atoms with van der Waals surface area (Å²) in [6, 6.07) is 0.0293. The molecule has 3 aromatic carbocycles. The number of nitrogens with one attached hydrogen (secondary N) is 1. The van der Waals surface area contributed by atoms with E-state index in [1.54, 1.807) is 0 Å². The quantitative estimate of drug-likeness (QED) is 0.559. The van der Waals surface area contributed by atoms with Crippen LogP contribution in [0.5, 0.6) is 0 Å². The summed E-state index contributed by atoms with van der Waals surface area (Å²) in [7, 11) is 0. The second-order valence-electron chi connectivity index (χ2n) is 6.01. The molecule has 5 nitrogen and oxygen atoms in total. The number of oxazole rings is 1. The van der Waals surface area contributed by atoms with E-state index < -0.39 is 103 Å². The van der Waals surface area contributed by atoms with E-state index in [1.807, 2.05) is 0 Å². The van der Waals surface area contributed by atoms with E-state index in [4.69, 9.17) is 26.3 Å². The van der Waals surface area contributed by atoms with Crippen LogP contribution in [0.15, 0.2) is 81.8 Å². The Morgan fingerprint density at radius 2 is 1.83 bits per heavy atom. The molecule has 146 valence electrons. The first-order chi connectivity index (χ1) is 20.6. The van der Waals surface area contributed by atoms with Gasteiger partial charge in [-0.25, -0.2) is 4.79 Å². The van der Waals surface area contributed by atoms with Crippen LogP contribution in [0.2, 0.25) is 0 Å². The van der Waals surface area contributed by atoms with Gasteiger partial charge in [0, 0.05) is 38.0 Å². The average molecular weight is 402 g/mol. The Morgan fingerprint density at radius 1 is 1.00 bits per heavy atom. The van der Waals surface area contributed by atoms with Crippen molar-refractivity contribution >= 4 is 16.8 Å². The highest BCUT2D eigenvalue weighted by atomic mass is 16.4. The minimum Gasteiger partial charge on any atom is -0.406 e. The second-order valence-corrected chi connectivity index (χ2v) is 6.01. The molecule has 1 saturated heterocycles. The maximum atomic E-state index is 12.0. The molecule has 0 bridgehead atoms. The summed E-state index contributed by atoms with van der Waals surface area (Å²) in [4.78, 5) is 14.4. The van der Waals surface area contributed by atoms with E-state index in [9.17, 15) is 4.79 Å². The van der Waals surface area contributed by atoms with E-state index in [2.05, 4.69) is 4.98 Å². The number of hydrogen-bond acceptors (Lipinski definition) is 4. The van der Waals surface area contributed by atoms with Crippen LogP contribution < -0.4 is 10.7 Å². The Labute approximate surface area is 191 Å². The van der Waals surface area contributed by atoms with Crippen LogP contribution in [-0.4, -0.2) is 35.9 Å². The Morgan fingerprint density at radius 3 is 2.66 bits per heavy atom. The van der Waals surface area contributed by atoms with Crippen molar-refractivity contribution in [2.75, 3.05) is 30.9 Å². The number of para-hydroxylation sites is 1. The standard InChI is InChI=1S/C24H23N3O2/c28-24-25-21-10-5-11-22(23(21)29-24)27-14-12-26(13-15-27)17-18-6-4-9-20(16-18)19-7-2-1-3-8-19/h1-11,16H,12-15,17H2,(H,25,28)/i1D,2D,3D,5D,7D,8D,10D,11D,12D2,13D2,14D2,15D2. The van der Waals surface area contributed by atoms with Gasteiger partial charge in [0.25, 0.3) is 0 Å². The van der Waals surface area contributed by atoms with E-state index in [-0.39, 0.29) is 26.5 Å².